The van der Waals surface area contributed by atoms with E-state index in [-0.39, 0.29) is 0 Å². The third-order valence-corrected chi connectivity index (χ3v) is 4.01. The van der Waals surface area contributed by atoms with Crippen molar-refractivity contribution in [3.63, 3.8) is 0 Å². The molecule has 100 valence electrons. The molecule has 0 saturated heterocycles. The van der Waals surface area contributed by atoms with E-state index in [1.165, 1.54) is 5.56 Å². The minimum absolute atomic E-state index is 0.633. The molecule has 0 bridgehead atoms. The highest BCUT2D eigenvalue weighted by Crippen LogP contribution is 2.33. The molecule has 1 unspecified atom stereocenters. The van der Waals surface area contributed by atoms with Gasteiger partial charge in [-0.05, 0) is 48.2 Å². The van der Waals surface area contributed by atoms with Gasteiger partial charge in [0.25, 0.3) is 0 Å². The summed E-state index contributed by atoms with van der Waals surface area (Å²) in [5.74, 6) is 0. The van der Waals surface area contributed by atoms with Gasteiger partial charge in [0.15, 0.2) is 0 Å². The molecule has 19 heavy (non-hydrogen) atoms. The molecular weight excluding hydrogens is 277 g/mol. The van der Waals surface area contributed by atoms with E-state index in [9.17, 15) is 0 Å². The van der Waals surface area contributed by atoms with E-state index in [0.717, 1.165) is 17.5 Å². The van der Waals surface area contributed by atoms with Crippen molar-refractivity contribution in [3.8, 4) is 0 Å². The van der Waals surface area contributed by atoms with Crippen LogP contribution in [-0.4, -0.2) is 0 Å². The maximum Gasteiger partial charge on any atom is 0.0652 e. The monoisotopic (exact) mass is 293 g/mol. The van der Waals surface area contributed by atoms with Crippen LogP contribution in [-0.2, 0) is 12.0 Å². The number of halogens is 2. The van der Waals surface area contributed by atoms with Gasteiger partial charge in [-0.3, -0.25) is 0 Å². The Morgan fingerprint density at radius 1 is 1.05 bits per heavy atom. The van der Waals surface area contributed by atoms with E-state index in [4.69, 9.17) is 28.9 Å². The lowest BCUT2D eigenvalue weighted by atomic mass is 9.85. The lowest BCUT2D eigenvalue weighted by molar-refractivity contribution is 0.603. The molecule has 0 aliphatic carbocycles. The summed E-state index contributed by atoms with van der Waals surface area (Å²) in [6.45, 7) is 4.08. The number of aryl methyl sites for hydroxylation is 1. The second kappa shape index (κ2) is 5.54. The zero-order chi connectivity index (χ0) is 14.0. The van der Waals surface area contributed by atoms with Crippen LogP contribution in [0.5, 0.6) is 0 Å². The van der Waals surface area contributed by atoms with Crippen molar-refractivity contribution < 1.29 is 0 Å². The Kier molecular flexibility index (Phi) is 4.19. The summed E-state index contributed by atoms with van der Waals surface area (Å²) in [6.07, 6.45) is 1.01. The standard InChI is InChI=1S/C16H17Cl2N/c1-3-11-4-6-12(7-5-11)16(2,19)14-10-13(17)8-9-15(14)18/h4-10H,3,19H2,1-2H3. The molecule has 2 aromatic rings. The van der Waals surface area contributed by atoms with Gasteiger partial charge < -0.3 is 5.73 Å². The van der Waals surface area contributed by atoms with E-state index < -0.39 is 5.54 Å². The third-order valence-electron chi connectivity index (χ3n) is 3.45. The molecule has 2 rings (SSSR count). The van der Waals surface area contributed by atoms with Crippen LogP contribution in [0, 0.1) is 0 Å². The molecule has 2 N–H and O–H groups in total. The summed E-state index contributed by atoms with van der Waals surface area (Å²) in [6, 6.07) is 13.7. The van der Waals surface area contributed by atoms with Gasteiger partial charge >= 0.3 is 0 Å². The van der Waals surface area contributed by atoms with Crippen LogP contribution in [0.1, 0.15) is 30.5 Å². The summed E-state index contributed by atoms with van der Waals surface area (Å²) in [4.78, 5) is 0. The van der Waals surface area contributed by atoms with Crippen LogP contribution in [0.3, 0.4) is 0 Å². The van der Waals surface area contributed by atoms with Crippen molar-refractivity contribution in [2.24, 2.45) is 5.73 Å². The number of benzene rings is 2. The molecule has 0 aromatic heterocycles. The quantitative estimate of drug-likeness (QED) is 0.866. The van der Waals surface area contributed by atoms with Crippen LogP contribution in [0.4, 0.5) is 0 Å². The molecule has 0 aliphatic rings. The minimum Gasteiger partial charge on any atom is -0.318 e. The predicted molar refractivity (Wildman–Crippen MR) is 82.9 cm³/mol. The Morgan fingerprint density at radius 2 is 1.68 bits per heavy atom. The largest absolute Gasteiger partial charge is 0.318 e. The summed E-state index contributed by atoms with van der Waals surface area (Å²) < 4.78 is 0. The minimum atomic E-state index is -0.658. The Hall–Kier alpha value is -1.02. The van der Waals surface area contributed by atoms with Crippen LogP contribution in [0.15, 0.2) is 42.5 Å². The van der Waals surface area contributed by atoms with Crippen LogP contribution < -0.4 is 5.73 Å². The fourth-order valence-electron chi connectivity index (χ4n) is 2.14. The van der Waals surface area contributed by atoms with Crippen molar-refractivity contribution in [1.82, 2.24) is 0 Å². The molecule has 3 heteroatoms. The molecule has 0 heterocycles. The van der Waals surface area contributed by atoms with E-state index in [0.29, 0.717) is 10.0 Å². The molecule has 1 atom stereocenters. The summed E-state index contributed by atoms with van der Waals surface area (Å²) >= 11 is 12.3. The van der Waals surface area contributed by atoms with E-state index in [2.05, 4.69) is 31.2 Å². The average Bonchev–Trinajstić information content (AvgIpc) is 2.41. The van der Waals surface area contributed by atoms with Crippen molar-refractivity contribution in [1.29, 1.82) is 0 Å². The summed E-state index contributed by atoms with van der Waals surface area (Å²) in [5, 5.41) is 1.27. The van der Waals surface area contributed by atoms with Crippen molar-refractivity contribution in [2.45, 2.75) is 25.8 Å². The van der Waals surface area contributed by atoms with Crippen LogP contribution >= 0.6 is 23.2 Å². The molecule has 0 spiro atoms. The maximum atomic E-state index is 6.48. The highest BCUT2D eigenvalue weighted by atomic mass is 35.5. The van der Waals surface area contributed by atoms with E-state index in [1.54, 1.807) is 12.1 Å². The smallest absolute Gasteiger partial charge is 0.0652 e. The number of nitrogens with two attached hydrogens (primary N) is 1. The molecule has 0 fully saturated rings. The summed E-state index contributed by atoms with van der Waals surface area (Å²) in [5.41, 5.74) is 8.97. The second-order valence-electron chi connectivity index (χ2n) is 4.88. The van der Waals surface area contributed by atoms with Crippen molar-refractivity contribution >= 4 is 23.2 Å². The molecule has 0 radical (unpaired) electrons. The average molecular weight is 294 g/mol. The first-order chi connectivity index (χ1) is 8.95. The van der Waals surface area contributed by atoms with Gasteiger partial charge in [0.05, 0.1) is 5.54 Å². The Labute approximate surface area is 124 Å². The first kappa shape index (κ1) is 14.4. The molecular formula is C16H17Cl2N. The number of hydrogen-bond donors (Lipinski definition) is 1. The SMILES string of the molecule is CCc1ccc(C(C)(N)c2cc(Cl)ccc2Cl)cc1. The summed E-state index contributed by atoms with van der Waals surface area (Å²) in [7, 11) is 0. The first-order valence-electron chi connectivity index (χ1n) is 6.29. The van der Waals surface area contributed by atoms with Gasteiger partial charge in [-0.2, -0.15) is 0 Å². The van der Waals surface area contributed by atoms with E-state index in [1.807, 2.05) is 13.0 Å². The topological polar surface area (TPSA) is 26.0 Å². The highest BCUT2D eigenvalue weighted by Gasteiger charge is 2.26. The van der Waals surface area contributed by atoms with Gasteiger partial charge in [0.1, 0.15) is 0 Å². The maximum absolute atomic E-state index is 6.48. The van der Waals surface area contributed by atoms with Crippen LogP contribution in [0.25, 0.3) is 0 Å². The Balaban J connectivity index is 2.48. The van der Waals surface area contributed by atoms with Gasteiger partial charge in [-0.15, -0.1) is 0 Å². The molecule has 0 saturated carbocycles. The normalized spacial score (nSPS) is 14.2. The van der Waals surface area contributed by atoms with Crippen molar-refractivity contribution in [3.05, 3.63) is 69.2 Å². The Bertz CT molecular complexity index is 574. The van der Waals surface area contributed by atoms with Gasteiger partial charge in [-0.1, -0.05) is 54.4 Å². The zero-order valence-electron chi connectivity index (χ0n) is 11.1. The van der Waals surface area contributed by atoms with Gasteiger partial charge in [0.2, 0.25) is 0 Å². The number of rotatable bonds is 3. The van der Waals surface area contributed by atoms with Gasteiger partial charge in [0, 0.05) is 10.0 Å². The first-order valence-corrected chi connectivity index (χ1v) is 7.04. The molecule has 0 aliphatic heterocycles. The molecule has 2 aromatic carbocycles. The fourth-order valence-corrected chi connectivity index (χ4v) is 2.62. The van der Waals surface area contributed by atoms with E-state index >= 15 is 0 Å². The number of hydrogen-bond acceptors (Lipinski definition) is 1. The van der Waals surface area contributed by atoms with Crippen molar-refractivity contribution in [2.75, 3.05) is 0 Å². The third kappa shape index (κ3) is 2.94. The Morgan fingerprint density at radius 3 is 2.26 bits per heavy atom. The van der Waals surface area contributed by atoms with Gasteiger partial charge in [-0.25, -0.2) is 0 Å². The van der Waals surface area contributed by atoms with Crippen LogP contribution in [0.2, 0.25) is 10.0 Å². The lowest BCUT2D eigenvalue weighted by Gasteiger charge is -2.27. The second-order valence-corrected chi connectivity index (χ2v) is 5.72. The fraction of sp³-hybridized carbons (Fsp3) is 0.250. The molecule has 1 nitrogen and oxygen atoms in total. The molecule has 0 amide bonds. The highest BCUT2D eigenvalue weighted by molar-refractivity contribution is 6.33. The zero-order valence-corrected chi connectivity index (χ0v) is 12.6. The lowest BCUT2D eigenvalue weighted by Crippen LogP contribution is -2.34. The predicted octanol–water partition coefficient (Wildman–Crippen LogP) is 4.78.